The van der Waals surface area contributed by atoms with Gasteiger partial charge in [0.2, 0.25) is 0 Å². The smallest absolute Gasteiger partial charge is 0.338 e. The number of carbonyl (C=O) groups is 2. The Morgan fingerprint density at radius 2 is 1.90 bits per heavy atom. The standard InChI is InChI=1S/C24H27ClN2O4/c1-5-27-20(14-31-19-11-10-15(3)16(4)12-19)21(23(28)30-6-2)22(26-24(27)29)17-8-7-9-18(25)13-17/h7-13,22H,5-6,14H2,1-4H3,(H,26,29). The average molecular weight is 443 g/mol. The van der Waals surface area contributed by atoms with Crippen molar-refractivity contribution >= 4 is 23.6 Å². The molecule has 1 aliphatic heterocycles. The van der Waals surface area contributed by atoms with Crippen molar-refractivity contribution in [3.8, 4) is 5.75 Å². The first-order valence-electron chi connectivity index (χ1n) is 10.3. The van der Waals surface area contributed by atoms with Gasteiger partial charge in [-0.2, -0.15) is 0 Å². The zero-order valence-electron chi connectivity index (χ0n) is 18.2. The first-order valence-corrected chi connectivity index (χ1v) is 10.7. The number of ether oxygens (including phenoxy) is 2. The third-order valence-electron chi connectivity index (χ3n) is 5.29. The lowest BCUT2D eigenvalue weighted by Crippen LogP contribution is -2.49. The van der Waals surface area contributed by atoms with Gasteiger partial charge in [-0.05, 0) is 68.7 Å². The van der Waals surface area contributed by atoms with E-state index in [0.29, 0.717) is 34.2 Å². The fraction of sp³-hybridized carbons (Fsp3) is 0.333. The molecule has 1 N–H and O–H groups in total. The van der Waals surface area contributed by atoms with Crippen LogP contribution in [0.3, 0.4) is 0 Å². The highest BCUT2D eigenvalue weighted by atomic mass is 35.5. The topological polar surface area (TPSA) is 67.9 Å². The molecule has 0 spiro atoms. The molecular formula is C24H27ClN2O4. The second-order valence-corrected chi connectivity index (χ2v) is 7.73. The maximum Gasteiger partial charge on any atom is 0.338 e. The highest BCUT2D eigenvalue weighted by molar-refractivity contribution is 6.30. The Kier molecular flexibility index (Phi) is 7.23. The summed E-state index contributed by atoms with van der Waals surface area (Å²) in [5.41, 5.74) is 3.78. The van der Waals surface area contributed by atoms with Gasteiger partial charge in [0.25, 0.3) is 0 Å². The molecule has 1 atom stereocenters. The van der Waals surface area contributed by atoms with Gasteiger partial charge in [-0.1, -0.05) is 29.8 Å². The molecule has 3 rings (SSSR count). The number of amides is 2. The van der Waals surface area contributed by atoms with Crippen LogP contribution in [0, 0.1) is 13.8 Å². The Hall–Kier alpha value is -2.99. The number of esters is 1. The van der Waals surface area contributed by atoms with Gasteiger partial charge in [-0.3, -0.25) is 4.90 Å². The minimum absolute atomic E-state index is 0.0506. The summed E-state index contributed by atoms with van der Waals surface area (Å²) in [6.45, 7) is 8.27. The maximum absolute atomic E-state index is 13.0. The number of benzene rings is 2. The Labute approximate surface area is 187 Å². The van der Waals surface area contributed by atoms with Crippen molar-refractivity contribution in [3.63, 3.8) is 0 Å². The van der Waals surface area contributed by atoms with E-state index in [1.54, 1.807) is 25.1 Å². The lowest BCUT2D eigenvalue weighted by Gasteiger charge is -2.36. The van der Waals surface area contributed by atoms with Crippen LogP contribution in [-0.4, -0.2) is 36.7 Å². The van der Waals surface area contributed by atoms with Crippen molar-refractivity contribution < 1.29 is 19.1 Å². The Morgan fingerprint density at radius 3 is 2.55 bits per heavy atom. The second-order valence-electron chi connectivity index (χ2n) is 7.30. The molecular weight excluding hydrogens is 416 g/mol. The van der Waals surface area contributed by atoms with Crippen LogP contribution in [0.4, 0.5) is 4.79 Å². The molecule has 0 saturated heterocycles. The molecule has 7 heteroatoms. The summed E-state index contributed by atoms with van der Waals surface area (Å²) in [6, 6.07) is 11.9. The fourth-order valence-electron chi connectivity index (χ4n) is 3.53. The van der Waals surface area contributed by atoms with Crippen molar-refractivity contribution in [3.05, 3.63) is 75.4 Å². The summed E-state index contributed by atoms with van der Waals surface area (Å²) in [5.74, 6) is 0.171. The number of urea groups is 1. The SMILES string of the molecule is CCOC(=O)C1=C(COc2ccc(C)c(C)c2)N(CC)C(=O)NC1c1cccc(Cl)c1. The van der Waals surface area contributed by atoms with Crippen molar-refractivity contribution in [1.29, 1.82) is 0 Å². The Balaban J connectivity index is 2.06. The molecule has 1 unspecified atom stereocenters. The molecule has 2 amide bonds. The highest BCUT2D eigenvalue weighted by Gasteiger charge is 2.38. The van der Waals surface area contributed by atoms with Crippen LogP contribution in [0.25, 0.3) is 0 Å². The summed E-state index contributed by atoms with van der Waals surface area (Å²) in [7, 11) is 0. The van der Waals surface area contributed by atoms with Crippen molar-refractivity contribution in [2.24, 2.45) is 0 Å². The minimum Gasteiger partial charge on any atom is -0.487 e. The lowest BCUT2D eigenvalue weighted by atomic mass is 9.94. The number of hydrogen-bond donors (Lipinski definition) is 1. The molecule has 0 bridgehead atoms. The fourth-order valence-corrected chi connectivity index (χ4v) is 3.73. The first kappa shape index (κ1) is 22.7. The van der Waals surface area contributed by atoms with Crippen LogP contribution in [-0.2, 0) is 9.53 Å². The monoisotopic (exact) mass is 442 g/mol. The molecule has 6 nitrogen and oxygen atoms in total. The van der Waals surface area contributed by atoms with Crippen LogP contribution in [0.15, 0.2) is 53.7 Å². The van der Waals surface area contributed by atoms with Crippen molar-refractivity contribution in [1.82, 2.24) is 10.2 Å². The Bertz CT molecular complexity index is 1020. The molecule has 2 aromatic carbocycles. The van der Waals surface area contributed by atoms with E-state index in [1.807, 2.05) is 45.0 Å². The number of carbonyl (C=O) groups excluding carboxylic acids is 2. The van der Waals surface area contributed by atoms with Gasteiger partial charge in [0.05, 0.1) is 23.9 Å². The molecule has 0 saturated carbocycles. The number of halogens is 1. The largest absolute Gasteiger partial charge is 0.487 e. The number of rotatable bonds is 7. The average Bonchev–Trinajstić information content (AvgIpc) is 2.74. The first-order chi connectivity index (χ1) is 14.8. The van der Waals surface area contributed by atoms with Crippen LogP contribution in [0.5, 0.6) is 5.75 Å². The van der Waals surface area contributed by atoms with Gasteiger partial charge in [0.1, 0.15) is 12.4 Å². The molecule has 0 aliphatic carbocycles. The minimum atomic E-state index is -0.689. The third kappa shape index (κ3) is 5.02. The molecule has 2 aromatic rings. The molecule has 0 aromatic heterocycles. The van der Waals surface area contributed by atoms with Crippen LogP contribution >= 0.6 is 11.6 Å². The molecule has 1 heterocycles. The zero-order valence-corrected chi connectivity index (χ0v) is 19.0. The van der Waals surface area contributed by atoms with Gasteiger partial charge in [0.15, 0.2) is 0 Å². The zero-order chi connectivity index (χ0) is 22.5. The summed E-state index contributed by atoms with van der Waals surface area (Å²) in [4.78, 5) is 27.4. The van der Waals surface area contributed by atoms with Crippen molar-refractivity contribution in [2.45, 2.75) is 33.7 Å². The van der Waals surface area contributed by atoms with Crippen LogP contribution in [0.1, 0.15) is 36.6 Å². The van der Waals surface area contributed by atoms with Gasteiger partial charge in [-0.15, -0.1) is 0 Å². The van der Waals surface area contributed by atoms with E-state index in [2.05, 4.69) is 5.32 Å². The number of nitrogens with one attached hydrogen (secondary N) is 1. The quantitative estimate of drug-likeness (QED) is 0.617. The van der Waals surface area contributed by atoms with Crippen LogP contribution in [0.2, 0.25) is 5.02 Å². The predicted octanol–water partition coefficient (Wildman–Crippen LogP) is 4.94. The number of hydrogen-bond acceptors (Lipinski definition) is 4. The van der Waals surface area contributed by atoms with Gasteiger partial charge in [-0.25, -0.2) is 9.59 Å². The molecule has 164 valence electrons. The molecule has 31 heavy (non-hydrogen) atoms. The number of aryl methyl sites for hydroxylation is 2. The van der Waals surface area contributed by atoms with Gasteiger partial charge >= 0.3 is 12.0 Å². The summed E-state index contributed by atoms with van der Waals surface area (Å²) < 4.78 is 11.4. The lowest BCUT2D eigenvalue weighted by molar-refractivity contribution is -0.139. The van der Waals surface area contributed by atoms with Gasteiger partial charge in [0, 0.05) is 11.6 Å². The Morgan fingerprint density at radius 1 is 1.13 bits per heavy atom. The third-order valence-corrected chi connectivity index (χ3v) is 5.52. The van der Waals surface area contributed by atoms with E-state index >= 15 is 0 Å². The van der Waals surface area contributed by atoms with Crippen LogP contribution < -0.4 is 10.1 Å². The highest BCUT2D eigenvalue weighted by Crippen LogP contribution is 2.33. The molecule has 0 fully saturated rings. The van der Waals surface area contributed by atoms with E-state index < -0.39 is 12.0 Å². The van der Waals surface area contributed by atoms with E-state index in [0.717, 1.165) is 11.1 Å². The summed E-state index contributed by atoms with van der Waals surface area (Å²) >= 11 is 6.17. The summed E-state index contributed by atoms with van der Waals surface area (Å²) in [6.07, 6.45) is 0. The van der Waals surface area contributed by atoms with E-state index in [9.17, 15) is 9.59 Å². The summed E-state index contributed by atoms with van der Waals surface area (Å²) in [5, 5.41) is 3.42. The van der Waals surface area contributed by atoms with E-state index in [-0.39, 0.29) is 19.2 Å². The molecule has 1 aliphatic rings. The number of likely N-dealkylation sites (N-methyl/N-ethyl adjacent to an activating group) is 1. The normalized spacial score (nSPS) is 16.2. The van der Waals surface area contributed by atoms with E-state index in [4.69, 9.17) is 21.1 Å². The van der Waals surface area contributed by atoms with E-state index in [1.165, 1.54) is 4.90 Å². The maximum atomic E-state index is 13.0. The predicted molar refractivity (Wildman–Crippen MR) is 120 cm³/mol. The molecule has 0 radical (unpaired) electrons. The van der Waals surface area contributed by atoms with Gasteiger partial charge < -0.3 is 14.8 Å². The number of nitrogens with zero attached hydrogens (tertiary/aromatic N) is 1. The second kappa shape index (κ2) is 9.88. The van der Waals surface area contributed by atoms with Crippen molar-refractivity contribution in [2.75, 3.05) is 19.8 Å².